The molecule has 7 heteroatoms. The van der Waals surface area contributed by atoms with E-state index in [-0.39, 0.29) is 12.1 Å². The van der Waals surface area contributed by atoms with E-state index in [1.54, 1.807) is 4.90 Å². The van der Waals surface area contributed by atoms with Gasteiger partial charge in [-0.2, -0.15) is 0 Å². The van der Waals surface area contributed by atoms with Crippen molar-refractivity contribution >= 4 is 34.5 Å². The second kappa shape index (κ2) is 5.70. The number of ether oxygens (including phenoxy) is 2. The number of hydrogen-bond acceptors (Lipinski definition) is 4. The van der Waals surface area contributed by atoms with Gasteiger partial charge >= 0.3 is 6.09 Å². The number of nitrogens with zero attached hydrogens (tertiary/aromatic N) is 3. The topological polar surface area (TPSA) is 56.6 Å². The fourth-order valence-corrected chi connectivity index (χ4v) is 3.46. The largest absolute Gasteiger partial charge is 0.491 e. The molecule has 2 aliphatic heterocycles. The van der Waals surface area contributed by atoms with Crippen molar-refractivity contribution < 1.29 is 14.3 Å². The van der Waals surface area contributed by atoms with E-state index >= 15 is 0 Å². The van der Waals surface area contributed by atoms with Crippen molar-refractivity contribution in [2.45, 2.75) is 25.9 Å². The second-order valence-corrected chi connectivity index (χ2v) is 6.86. The summed E-state index contributed by atoms with van der Waals surface area (Å²) in [6.07, 6.45) is 2.44. The Morgan fingerprint density at radius 2 is 2.26 bits per heavy atom. The fourth-order valence-electron chi connectivity index (χ4n) is 3.00. The highest BCUT2D eigenvalue weighted by molar-refractivity contribution is 14.1. The molecule has 1 amide bonds. The van der Waals surface area contributed by atoms with Crippen LogP contribution in [0.4, 0.5) is 10.6 Å². The third-order valence-corrected chi connectivity index (χ3v) is 4.89. The summed E-state index contributed by atoms with van der Waals surface area (Å²) >= 11 is 2.27. The number of cyclic esters (lactones) is 1. The van der Waals surface area contributed by atoms with Gasteiger partial charge in [-0.3, -0.25) is 4.90 Å². The SMILES string of the molecule is CC[C@@H]1COC(=O)N1c1cn2c(n1)-c1ccc(I)cc1OCC2. The Labute approximate surface area is 147 Å². The maximum atomic E-state index is 12.0. The van der Waals surface area contributed by atoms with Gasteiger partial charge in [0.25, 0.3) is 0 Å². The molecule has 2 aliphatic rings. The van der Waals surface area contributed by atoms with Crippen LogP contribution in [0.1, 0.15) is 13.3 Å². The zero-order valence-corrected chi connectivity index (χ0v) is 14.8. The second-order valence-electron chi connectivity index (χ2n) is 5.61. The first-order chi connectivity index (χ1) is 11.2. The van der Waals surface area contributed by atoms with Crippen LogP contribution in [0.5, 0.6) is 5.75 Å². The molecule has 0 bridgehead atoms. The number of carbonyl (C=O) groups is 1. The van der Waals surface area contributed by atoms with Crippen LogP contribution in [0.15, 0.2) is 24.4 Å². The highest BCUT2D eigenvalue weighted by Gasteiger charge is 2.35. The van der Waals surface area contributed by atoms with E-state index in [2.05, 4.69) is 22.6 Å². The Balaban J connectivity index is 1.80. The molecule has 2 aromatic rings. The average molecular weight is 425 g/mol. The molecular formula is C16H16IN3O3. The maximum absolute atomic E-state index is 12.0. The number of aromatic nitrogens is 2. The molecule has 0 radical (unpaired) electrons. The third kappa shape index (κ3) is 2.46. The summed E-state index contributed by atoms with van der Waals surface area (Å²) in [6.45, 7) is 3.76. The van der Waals surface area contributed by atoms with Gasteiger partial charge in [0, 0.05) is 9.77 Å². The summed E-state index contributed by atoms with van der Waals surface area (Å²) < 4.78 is 14.2. The van der Waals surface area contributed by atoms with Gasteiger partial charge in [0.15, 0.2) is 5.82 Å². The normalized spacial score (nSPS) is 19.7. The van der Waals surface area contributed by atoms with E-state index < -0.39 is 0 Å². The zero-order valence-electron chi connectivity index (χ0n) is 12.7. The smallest absolute Gasteiger partial charge is 0.415 e. The Morgan fingerprint density at radius 1 is 1.39 bits per heavy atom. The molecule has 0 spiro atoms. The Morgan fingerprint density at radius 3 is 3.09 bits per heavy atom. The van der Waals surface area contributed by atoms with E-state index in [4.69, 9.17) is 14.5 Å². The summed E-state index contributed by atoms with van der Waals surface area (Å²) in [5.41, 5.74) is 0.953. The molecule has 0 saturated carbocycles. The lowest BCUT2D eigenvalue weighted by Crippen LogP contribution is -2.33. The average Bonchev–Trinajstić information content (AvgIpc) is 3.06. The molecule has 1 aromatic heterocycles. The van der Waals surface area contributed by atoms with Gasteiger partial charge < -0.3 is 14.0 Å². The number of benzene rings is 1. The first-order valence-electron chi connectivity index (χ1n) is 7.63. The summed E-state index contributed by atoms with van der Waals surface area (Å²) in [7, 11) is 0. The molecule has 23 heavy (non-hydrogen) atoms. The summed E-state index contributed by atoms with van der Waals surface area (Å²) in [5.74, 6) is 2.32. The van der Waals surface area contributed by atoms with E-state index in [0.29, 0.717) is 25.6 Å². The standard InChI is InChI=1S/C16H16IN3O3/c1-2-11-9-23-16(21)20(11)14-8-19-5-6-22-13-7-10(17)3-4-12(13)15(19)18-14/h3-4,7-8,11H,2,5-6,9H2,1H3/t11-/m1/s1. The van der Waals surface area contributed by atoms with Crippen molar-refractivity contribution in [3.63, 3.8) is 0 Å². The predicted molar refractivity (Wildman–Crippen MR) is 93.8 cm³/mol. The van der Waals surface area contributed by atoms with Crippen LogP contribution in [0.2, 0.25) is 0 Å². The Hall–Kier alpha value is -1.77. The van der Waals surface area contributed by atoms with Gasteiger partial charge in [-0.25, -0.2) is 9.78 Å². The molecule has 6 nitrogen and oxygen atoms in total. The minimum absolute atomic E-state index is 0.0501. The van der Waals surface area contributed by atoms with Gasteiger partial charge in [0.1, 0.15) is 24.8 Å². The first-order valence-corrected chi connectivity index (χ1v) is 8.71. The van der Waals surface area contributed by atoms with Crippen LogP contribution >= 0.6 is 22.6 Å². The van der Waals surface area contributed by atoms with Crippen molar-refractivity contribution in [2.24, 2.45) is 0 Å². The van der Waals surface area contributed by atoms with E-state index in [1.165, 1.54) is 0 Å². The third-order valence-electron chi connectivity index (χ3n) is 4.22. The van der Waals surface area contributed by atoms with Crippen molar-refractivity contribution in [3.8, 4) is 17.1 Å². The predicted octanol–water partition coefficient (Wildman–Crippen LogP) is 3.28. The quantitative estimate of drug-likeness (QED) is 0.694. The molecule has 1 fully saturated rings. The van der Waals surface area contributed by atoms with Crippen LogP contribution in [0, 0.1) is 3.57 Å². The molecular weight excluding hydrogens is 409 g/mol. The molecule has 0 unspecified atom stereocenters. The molecule has 1 aromatic carbocycles. The van der Waals surface area contributed by atoms with Crippen LogP contribution in [0.25, 0.3) is 11.4 Å². The van der Waals surface area contributed by atoms with Crippen LogP contribution in [-0.4, -0.2) is 34.9 Å². The number of halogens is 1. The van der Waals surface area contributed by atoms with Gasteiger partial charge in [-0.1, -0.05) is 6.92 Å². The summed E-state index contributed by atoms with van der Waals surface area (Å²) in [6, 6.07) is 6.11. The van der Waals surface area contributed by atoms with E-state index in [1.807, 2.05) is 35.9 Å². The number of anilines is 1. The molecule has 0 aliphatic carbocycles. The molecule has 1 saturated heterocycles. The number of amides is 1. The first kappa shape index (κ1) is 14.8. The van der Waals surface area contributed by atoms with E-state index in [9.17, 15) is 4.79 Å². The van der Waals surface area contributed by atoms with Crippen molar-refractivity contribution in [3.05, 3.63) is 28.0 Å². The molecule has 1 atom stereocenters. The zero-order chi connectivity index (χ0) is 16.0. The van der Waals surface area contributed by atoms with Crippen molar-refractivity contribution in [1.82, 2.24) is 9.55 Å². The van der Waals surface area contributed by atoms with Crippen molar-refractivity contribution in [1.29, 1.82) is 0 Å². The van der Waals surface area contributed by atoms with Crippen LogP contribution < -0.4 is 9.64 Å². The fraction of sp³-hybridized carbons (Fsp3) is 0.375. The van der Waals surface area contributed by atoms with Crippen LogP contribution in [-0.2, 0) is 11.3 Å². The lowest BCUT2D eigenvalue weighted by atomic mass is 10.2. The van der Waals surface area contributed by atoms with Gasteiger partial charge in [0.05, 0.1) is 18.2 Å². The Bertz CT molecular complexity index is 774. The number of rotatable bonds is 2. The van der Waals surface area contributed by atoms with Gasteiger partial charge in [-0.15, -0.1) is 0 Å². The minimum atomic E-state index is -0.316. The highest BCUT2D eigenvalue weighted by atomic mass is 127. The van der Waals surface area contributed by atoms with Crippen LogP contribution in [0.3, 0.4) is 0 Å². The number of fused-ring (bicyclic) bond motifs is 3. The van der Waals surface area contributed by atoms with Gasteiger partial charge in [-0.05, 0) is 47.2 Å². The molecule has 4 rings (SSSR count). The monoisotopic (exact) mass is 425 g/mol. The highest BCUT2D eigenvalue weighted by Crippen LogP contribution is 2.35. The number of imidazole rings is 1. The maximum Gasteiger partial charge on any atom is 0.415 e. The molecule has 3 heterocycles. The summed E-state index contributed by atoms with van der Waals surface area (Å²) in [5, 5.41) is 0. The lowest BCUT2D eigenvalue weighted by molar-refractivity contribution is 0.178. The summed E-state index contributed by atoms with van der Waals surface area (Å²) in [4.78, 5) is 18.4. The van der Waals surface area contributed by atoms with Crippen molar-refractivity contribution in [2.75, 3.05) is 18.1 Å². The van der Waals surface area contributed by atoms with E-state index in [0.717, 1.165) is 27.1 Å². The number of hydrogen-bond donors (Lipinski definition) is 0. The van der Waals surface area contributed by atoms with Gasteiger partial charge in [0.2, 0.25) is 0 Å². The minimum Gasteiger partial charge on any atom is -0.491 e. The lowest BCUT2D eigenvalue weighted by Gasteiger charge is -2.17. The Kier molecular flexibility index (Phi) is 3.67. The molecule has 120 valence electrons. The number of carbonyl (C=O) groups excluding carboxylic acids is 1. The molecule has 0 N–H and O–H groups in total.